The lowest BCUT2D eigenvalue weighted by Gasteiger charge is -2.15. The zero-order chi connectivity index (χ0) is 36.1. The number of benzene rings is 5. The van der Waals surface area contributed by atoms with Crippen LogP contribution in [0.2, 0.25) is 0 Å². The predicted octanol–water partition coefficient (Wildman–Crippen LogP) is 11.4. The molecular formula is C48H32N6. The quantitative estimate of drug-likeness (QED) is 0.158. The molecule has 0 saturated heterocycles. The molecule has 4 aromatic heterocycles. The molecule has 0 amide bonds. The van der Waals surface area contributed by atoms with E-state index in [9.17, 15) is 0 Å². The van der Waals surface area contributed by atoms with Gasteiger partial charge in [-0.05, 0) is 69.8 Å². The topological polar surface area (TPSA) is 77.3 Å². The van der Waals surface area contributed by atoms with Crippen LogP contribution in [-0.4, -0.2) is 29.9 Å². The molecule has 0 aliphatic rings. The van der Waals surface area contributed by atoms with E-state index in [-0.39, 0.29) is 0 Å². The molecule has 6 nitrogen and oxygen atoms in total. The number of aromatic nitrogens is 6. The number of hydrogen-bond donors (Lipinski definition) is 0. The molecule has 0 saturated carbocycles. The lowest BCUT2D eigenvalue weighted by molar-refractivity contribution is 1.07. The maximum absolute atomic E-state index is 5.09. The Balaban J connectivity index is 1.17. The summed E-state index contributed by atoms with van der Waals surface area (Å²) < 4.78 is 0. The molecule has 9 rings (SSSR count). The van der Waals surface area contributed by atoms with Crippen LogP contribution in [0.4, 0.5) is 0 Å². The van der Waals surface area contributed by atoms with Crippen LogP contribution in [-0.2, 0) is 0 Å². The van der Waals surface area contributed by atoms with Crippen LogP contribution < -0.4 is 0 Å². The van der Waals surface area contributed by atoms with Gasteiger partial charge in [0.15, 0.2) is 17.5 Å². The van der Waals surface area contributed by atoms with Crippen LogP contribution in [0.15, 0.2) is 194 Å². The van der Waals surface area contributed by atoms with Gasteiger partial charge < -0.3 is 0 Å². The molecule has 0 radical (unpaired) electrons. The van der Waals surface area contributed by atoms with Crippen LogP contribution in [0.1, 0.15) is 0 Å². The average molecular weight is 693 g/mol. The minimum atomic E-state index is 0.604. The second-order valence-electron chi connectivity index (χ2n) is 12.8. The van der Waals surface area contributed by atoms with Crippen molar-refractivity contribution in [2.75, 3.05) is 0 Å². The van der Waals surface area contributed by atoms with Crippen molar-refractivity contribution in [2.45, 2.75) is 0 Å². The van der Waals surface area contributed by atoms with Crippen molar-refractivity contribution >= 4 is 0 Å². The first-order chi connectivity index (χ1) is 26.8. The smallest absolute Gasteiger partial charge is 0.164 e. The van der Waals surface area contributed by atoms with Gasteiger partial charge in [0.25, 0.3) is 0 Å². The van der Waals surface area contributed by atoms with Gasteiger partial charge in [0, 0.05) is 29.1 Å². The van der Waals surface area contributed by atoms with Crippen LogP contribution >= 0.6 is 0 Å². The second-order valence-corrected chi connectivity index (χ2v) is 12.8. The Bertz CT molecular complexity index is 2590. The molecule has 0 atom stereocenters. The maximum atomic E-state index is 5.09. The first kappa shape index (κ1) is 32.5. The lowest BCUT2D eigenvalue weighted by atomic mass is 9.91. The van der Waals surface area contributed by atoms with Crippen molar-refractivity contribution in [3.8, 4) is 90.3 Å². The molecule has 6 heteroatoms. The Morgan fingerprint density at radius 1 is 0.241 bits per heavy atom. The molecule has 0 bridgehead atoms. The van der Waals surface area contributed by atoms with Crippen LogP contribution in [0.5, 0.6) is 0 Å². The van der Waals surface area contributed by atoms with Gasteiger partial charge in [0.05, 0.1) is 22.8 Å². The first-order valence-corrected chi connectivity index (χ1v) is 17.8. The summed E-state index contributed by atoms with van der Waals surface area (Å²) in [5.74, 6) is 1.85. The number of hydrogen-bond acceptors (Lipinski definition) is 6. The molecule has 4 heterocycles. The SMILES string of the molecule is c1ccc(-c2cc(-c3ccccn3)nc(-c3cc(-c4ccccc4-c4ccccc4-c4nc(-c5ccccc5)nc(-c5ccccc5)n4)ccn3)c2)cc1. The molecule has 254 valence electrons. The third-order valence-electron chi connectivity index (χ3n) is 9.28. The summed E-state index contributed by atoms with van der Waals surface area (Å²) in [5, 5.41) is 0. The summed E-state index contributed by atoms with van der Waals surface area (Å²) in [6.07, 6.45) is 3.65. The average Bonchev–Trinajstić information content (AvgIpc) is 3.27. The van der Waals surface area contributed by atoms with Crippen molar-refractivity contribution in [1.82, 2.24) is 29.9 Å². The number of nitrogens with zero attached hydrogens (tertiary/aromatic N) is 6. The molecule has 0 fully saturated rings. The van der Waals surface area contributed by atoms with E-state index in [1.54, 1.807) is 6.20 Å². The second kappa shape index (κ2) is 14.7. The van der Waals surface area contributed by atoms with E-state index < -0.39 is 0 Å². The van der Waals surface area contributed by atoms with E-state index >= 15 is 0 Å². The van der Waals surface area contributed by atoms with Crippen molar-refractivity contribution in [1.29, 1.82) is 0 Å². The largest absolute Gasteiger partial charge is 0.255 e. The van der Waals surface area contributed by atoms with E-state index in [0.29, 0.717) is 17.5 Å². The Morgan fingerprint density at radius 2 is 0.704 bits per heavy atom. The Hall–Kier alpha value is -7.44. The lowest BCUT2D eigenvalue weighted by Crippen LogP contribution is -2.01. The summed E-state index contributed by atoms with van der Waals surface area (Å²) in [7, 11) is 0. The van der Waals surface area contributed by atoms with Gasteiger partial charge in [-0.3, -0.25) is 9.97 Å². The molecular weight excluding hydrogens is 661 g/mol. The highest BCUT2D eigenvalue weighted by Crippen LogP contribution is 2.39. The summed E-state index contributed by atoms with van der Waals surface area (Å²) in [4.78, 5) is 29.6. The third kappa shape index (κ3) is 6.67. The normalized spacial score (nSPS) is 11.0. The van der Waals surface area contributed by atoms with Gasteiger partial charge in [-0.25, -0.2) is 19.9 Å². The van der Waals surface area contributed by atoms with Crippen LogP contribution in [0.3, 0.4) is 0 Å². The van der Waals surface area contributed by atoms with Crippen molar-refractivity contribution < 1.29 is 0 Å². The molecule has 0 N–H and O–H groups in total. The summed E-state index contributed by atoms with van der Waals surface area (Å²) in [6, 6.07) is 61.4. The Kier molecular flexibility index (Phi) is 8.81. The van der Waals surface area contributed by atoms with Gasteiger partial charge in [0.1, 0.15) is 0 Å². The molecule has 0 spiro atoms. The minimum Gasteiger partial charge on any atom is -0.255 e. The van der Waals surface area contributed by atoms with Gasteiger partial charge in [-0.15, -0.1) is 0 Å². The standard InChI is InChI=1S/C48H32N6/c1-4-16-33(17-5-1)37-31-44(42-26-14-15-28-49-42)51-45(32-37)43-30-36(27-29-50-43)38-22-10-11-23-39(38)40-24-12-13-25-41(40)48-53-46(34-18-6-2-7-19-34)52-47(54-48)35-20-8-3-9-21-35/h1-32H. The highest BCUT2D eigenvalue weighted by Gasteiger charge is 2.18. The molecule has 0 unspecified atom stereocenters. The maximum Gasteiger partial charge on any atom is 0.164 e. The predicted molar refractivity (Wildman–Crippen MR) is 217 cm³/mol. The highest BCUT2D eigenvalue weighted by atomic mass is 15.0. The van der Waals surface area contributed by atoms with Crippen molar-refractivity contribution in [2.24, 2.45) is 0 Å². The van der Waals surface area contributed by atoms with Gasteiger partial charge in [-0.2, -0.15) is 0 Å². The molecule has 9 aromatic rings. The fraction of sp³-hybridized carbons (Fsp3) is 0. The van der Waals surface area contributed by atoms with Gasteiger partial charge in [-0.1, -0.05) is 146 Å². The molecule has 0 aliphatic carbocycles. The van der Waals surface area contributed by atoms with Crippen molar-refractivity contribution in [3.63, 3.8) is 0 Å². The fourth-order valence-corrected chi connectivity index (χ4v) is 6.65. The van der Waals surface area contributed by atoms with Gasteiger partial charge >= 0.3 is 0 Å². The van der Waals surface area contributed by atoms with E-state index in [2.05, 4.69) is 83.8 Å². The Morgan fingerprint density at radius 3 is 1.31 bits per heavy atom. The van der Waals surface area contributed by atoms with Crippen molar-refractivity contribution in [3.05, 3.63) is 194 Å². The summed E-state index contributed by atoms with van der Waals surface area (Å²) >= 11 is 0. The van der Waals surface area contributed by atoms with Gasteiger partial charge in [0.2, 0.25) is 0 Å². The zero-order valence-electron chi connectivity index (χ0n) is 29.2. The van der Waals surface area contributed by atoms with E-state index in [0.717, 1.165) is 72.8 Å². The summed E-state index contributed by atoms with van der Waals surface area (Å²) in [5.41, 5.74) is 12.2. The monoisotopic (exact) mass is 692 g/mol. The Labute approximate surface area is 313 Å². The highest BCUT2D eigenvalue weighted by molar-refractivity contribution is 5.91. The first-order valence-electron chi connectivity index (χ1n) is 17.8. The summed E-state index contributed by atoms with van der Waals surface area (Å²) in [6.45, 7) is 0. The van der Waals surface area contributed by atoms with E-state index in [4.69, 9.17) is 24.9 Å². The molecule has 54 heavy (non-hydrogen) atoms. The van der Waals surface area contributed by atoms with E-state index in [1.165, 1.54) is 0 Å². The molecule has 5 aromatic carbocycles. The number of pyridine rings is 3. The minimum absolute atomic E-state index is 0.604. The third-order valence-corrected chi connectivity index (χ3v) is 9.28. The zero-order valence-corrected chi connectivity index (χ0v) is 29.2. The molecule has 0 aliphatic heterocycles. The van der Waals surface area contributed by atoms with E-state index in [1.807, 2.05) is 109 Å². The van der Waals surface area contributed by atoms with Crippen LogP contribution in [0.25, 0.3) is 90.3 Å². The fourth-order valence-electron chi connectivity index (χ4n) is 6.65. The number of rotatable bonds is 8. The van der Waals surface area contributed by atoms with Crippen LogP contribution in [0, 0.1) is 0 Å².